The number of ether oxygens (including phenoxy) is 2. The van der Waals surface area contributed by atoms with E-state index in [1.54, 1.807) is 42.5 Å². The van der Waals surface area contributed by atoms with E-state index in [0.29, 0.717) is 0 Å². The molecular formula is C16H14F3NO2. The minimum absolute atomic E-state index is 0.0200. The number of rotatable bonds is 4. The van der Waals surface area contributed by atoms with Gasteiger partial charge in [0.25, 0.3) is 0 Å². The highest BCUT2D eigenvalue weighted by atomic mass is 19.4. The van der Waals surface area contributed by atoms with Crippen molar-refractivity contribution in [3.05, 3.63) is 65.7 Å². The molecule has 0 unspecified atom stereocenters. The summed E-state index contributed by atoms with van der Waals surface area (Å²) in [6.07, 6.45) is -4.73. The Morgan fingerprint density at radius 3 is 2.27 bits per heavy atom. The smallest absolute Gasteiger partial charge is 0.496 e. The van der Waals surface area contributed by atoms with Gasteiger partial charge in [-0.2, -0.15) is 0 Å². The highest BCUT2D eigenvalue weighted by Gasteiger charge is 2.29. The molecule has 116 valence electrons. The average Bonchev–Trinajstić information content (AvgIpc) is 2.51. The summed E-state index contributed by atoms with van der Waals surface area (Å²) in [5.74, 6) is -0.257. The maximum Gasteiger partial charge on any atom is 0.506 e. The van der Waals surface area contributed by atoms with Crippen molar-refractivity contribution in [2.75, 3.05) is 7.11 Å². The summed E-state index contributed by atoms with van der Waals surface area (Å²) < 4.78 is 48.3. The van der Waals surface area contributed by atoms with Crippen LogP contribution in [0.3, 0.4) is 0 Å². The fourth-order valence-corrected chi connectivity index (χ4v) is 1.83. The first-order chi connectivity index (χ1) is 10.5. The van der Waals surface area contributed by atoms with E-state index in [0.717, 1.165) is 5.56 Å². The molecule has 2 rings (SSSR count). The normalized spacial score (nSPS) is 12.1. The molecule has 0 atom stereocenters. The molecule has 0 fully saturated rings. The van der Waals surface area contributed by atoms with Crippen LogP contribution in [0, 0.1) is 0 Å². The third-order valence-electron chi connectivity index (χ3n) is 2.78. The van der Waals surface area contributed by atoms with Gasteiger partial charge < -0.3 is 9.47 Å². The van der Waals surface area contributed by atoms with Gasteiger partial charge in [0.1, 0.15) is 12.4 Å². The Kier molecular flexibility index (Phi) is 5.04. The van der Waals surface area contributed by atoms with Crippen molar-refractivity contribution in [1.29, 1.82) is 0 Å². The molecule has 0 saturated heterocycles. The molecule has 6 heteroatoms. The molecule has 0 bridgehead atoms. The number of aliphatic imine (C=N–C) groups is 1. The number of alkyl halides is 3. The number of hydrogen-bond donors (Lipinski definition) is 0. The van der Waals surface area contributed by atoms with Crippen molar-refractivity contribution in [3.63, 3.8) is 0 Å². The lowest BCUT2D eigenvalue weighted by Crippen LogP contribution is -2.15. The first-order valence-electron chi connectivity index (χ1n) is 6.46. The van der Waals surface area contributed by atoms with Gasteiger partial charge in [-0.3, -0.25) is 0 Å². The van der Waals surface area contributed by atoms with E-state index in [2.05, 4.69) is 4.99 Å². The number of halogens is 3. The Labute approximate surface area is 126 Å². The molecule has 0 heterocycles. The van der Waals surface area contributed by atoms with Gasteiger partial charge in [-0.05, 0) is 17.7 Å². The van der Waals surface area contributed by atoms with Gasteiger partial charge >= 0.3 is 6.30 Å². The molecule has 0 saturated carbocycles. The summed E-state index contributed by atoms with van der Waals surface area (Å²) in [5, 5.41) is 0. The zero-order valence-electron chi connectivity index (χ0n) is 11.8. The summed E-state index contributed by atoms with van der Waals surface area (Å²) in [5.41, 5.74) is 0.894. The highest BCUT2D eigenvalue weighted by Crippen LogP contribution is 2.24. The monoisotopic (exact) mass is 309 g/mol. The van der Waals surface area contributed by atoms with Crippen LogP contribution in [0.25, 0.3) is 0 Å². The van der Waals surface area contributed by atoms with E-state index >= 15 is 0 Å². The van der Waals surface area contributed by atoms with E-state index in [1.807, 2.05) is 6.07 Å². The fourth-order valence-electron chi connectivity index (χ4n) is 1.83. The van der Waals surface area contributed by atoms with Gasteiger partial charge in [0.05, 0.1) is 12.7 Å². The molecule has 0 spiro atoms. The molecule has 0 aliphatic heterocycles. The van der Waals surface area contributed by atoms with E-state index in [4.69, 9.17) is 9.47 Å². The first-order valence-corrected chi connectivity index (χ1v) is 6.46. The second-order valence-electron chi connectivity index (χ2n) is 4.36. The highest BCUT2D eigenvalue weighted by molar-refractivity contribution is 5.97. The lowest BCUT2D eigenvalue weighted by Gasteiger charge is -2.13. The van der Waals surface area contributed by atoms with Gasteiger partial charge in [0.15, 0.2) is 0 Å². The minimum Gasteiger partial charge on any atom is -0.496 e. The number of hydrogen-bond acceptors (Lipinski definition) is 3. The van der Waals surface area contributed by atoms with E-state index in [-0.39, 0.29) is 17.9 Å². The van der Waals surface area contributed by atoms with Gasteiger partial charge in [0, 0.05) is 0 Å². The Bertz CT molecular complexity index is 639. The van der Waals surface area contributed by atoms with Crippen molar-refractivity contribution in [1.82, 2.24) is 0 Å². The maximum absolute atomic E-state index is 12.6. The summed E-state index contributed by atoms with van der Waals surface area (Å²) in [6.45, 7) is -0.0200. The standard InChI is InChI=1S/C16H14F3NO2/c1-21-14-10-6-5-9-13(14)15(20-16(17,18)19)22-11-12-7-3-2-4-8-12/h2-10H,11H2,1H3/b20-15+. The van der Waals surface area contributed by atoms with Crippen LogP contribution in [0.1, 0.15) is 11.1 Å². The Hall–Kier alpha value is -2.50. The lowest BCUT2D eigenvalue weighted by molar-refractivity contribution is -0.121. The molecule has 0 aromatic heterocycles. The minimum atomic E-state index is -4.73. The molecule has 2 aromatic rings. The number of methoxy groups -OCH3 is 1. The van der Waals surface area contributed by atoms with Crippen LogP contribution in [0.15, 0.2) is 59.6 Å². The second-order valence-corrected chi connectivity index (χ2v) is 4.36. The van der Waals surface area contributed by atoms with Crippen LogP contribution >= 0.6 is 0 Å². The van der Waals surface area contributed by atoms with E-state index in [1.165, 1.54) is 13.2 Å². The van der Waals surface area contributed by atoms with Crippen molar-refractivity contribution < 1.29 is 22.6 Å². The SMILES string of the molecule is COc1ccccc1/C(=N\C(F)(F)F)OCc1ccccc1. The van der Waals surface area contributed by atoms with Gasteiger partial charge in [0.2, 0.25) is 5.90 Å². The largest absolute Gasteiger partial charge is 0.506 e. The molecule has 0 N–H and O–H groups in total. The molecule has 0 amide bonds. The molecule has 3 nitrogen and oxygen atoms in total. The third kappa shape index (κ3) is 4.51. The van der Waals surface area contributed by atoms with Crippen LogP contribution in [-0.2, 0) is 11.3 Å². The predicted molar refractivity (Wildman–Crippen MR) is 76.8 cm³/mol. The number of benzene rings is 2. The first kappa shape index (κ1) is 15.9. The molecule has 0 aliphatic rings. The predicted octanol–water partition coefficient (Wildman–Crippen LogP) is 4.18. The fraction of sp³-hybridized carbons (Fsp3) is 0.188. The van der Waals surface area contributed by atoms with Gasteiger partial charge in [-0.1, -0.05) is 42.5 Å². The number of nitrogens with zero attached hydrogens (tertiary/aromatic N) is 1. The Balaban J connectivity index is 2.29. The Morgan fingerprint density at radius 1 is 1.00 bits per heavy atom. The zero-order valence-corrected chi connectivity index (χ0v) is 11.8. The van der Waals surface area contributed by atoms with Crippen LogP contribution < -0.4 is 4.74 Å². The van der Waals surface area contributed by atoms with Gasteiger partial charge in [-0.25, -0.2) is 0 Å². The topological polar surface area (TPSA) is 30.8 Å². The summed E-state index contributed by atoms with van der Waals surface area (Å²) in [7, 11) is 1.38. The van der Waals surface area contributed by atoms with E-state index in [9.17, 15) is 13.2 Å². The van der Waals surface area contributed by atoms with Crippen LogP contribution in [0.4, 0.5) is 13.2 Å². The Morgan fingerprint density at radius 2 is 1.64 bits per heavy atom. The zero-order chi connectivity index (χ0) is 16.0. The van der Waals surface area contributed by atoms with E-state index < -0.39 is 12.2 Å². The van der Waals surface area contributed by atoms with Crippen molar-refractivity contribution >= 4 is 5.90 Å². The molecule has 22 heavy (non-hydrogen) atoms. The molecule has 0 aliphatic carbocycles. The average molecular weight is 309 g/mol. The van der Waals surface area contributed by atoms with Crippen molar-refractivity contribution in [2.24, 2.45) is 4.99 Å². The van der Waals surface area contributed by atoms with Crippen LogP contribution in [0.5, 0.6) is 5.75 Å². The van der Waals surface area contributed by atoms with Crippen molar-refractivity contribution in [2.45, 2.75) is 12.9 Å². The second kappa shape index (κ2) is 6.98. The quantitative estimate of drug-likeness (QED) is 0.482. The summed E-state index contributed by atoms with van der Waals surface area (Å²) in [4.78, 5) is 2.72. The third-order valence-corrected chi connectivity index (χ3v) is 2.78. The van der Waals surface area contributed by atoms with Gasteiger partial charge in [-0.15, -0.1) is 18.2 Å². The molecule has 2 aromatic carbocycles. The van der Waals surface area contributed by atoms with Crippen LogP contribution in [0.2, 0.25) is 0 Å². The van der Waals surface area contributed by atoms with Crippen LogP contribution in [-0.4, -0.2) is 19.3 Å². The van der Waals surface area contributed by atoms with Crippen molar-refractivity contribution in [3.8, 4) is 5.75 Å². The maximum atomic E-state index is 12.6. The summed E-state index contributed by atoms with van der Waals surface area (Å²) >= 11 is 0. The summed E-state index contributed by atoms with van der Waals surface area (Å²) in [6, 6.07) is 15.2. The number of para-hydroxylation sites is 1. The molecule has 0 radical (unpaired) electrons. The molecular weight excluding hydrogens is 295 g/mol. The lowest BCUT2D eigenvalue weighted by atomic mass is 10.2.